The molecule has 6 nitrogen and oxygen atoms in total. The highest BCUT2D eigenvalue weighted by atomic mass is 16.5. The van der Waals surface area contributed by atoms with E-state index in [0.29, 0.717) is 19.8 Å². The van der Waals surface area contributed by atoms with E-state index in [4.69, 9.17) is 10.5 Å². The number of anilines is 2. The molecule has 1 aromatic rings. The van der Waals surface area contributed by atoms with Crippen molar-refractivity contribution in [2.24, 2.45) is 5.73 Å². The van der Waals surface area contributed by atoms with E-state index >= 15 is 0 Å². The fourth-order valence-corrected chi connectivity index (χ4v) is 2.10. The van der Waals surface area contributed by atoms with E-state index in [1.165, 1.54) is 0 Å². The Bertz CT molecular complexity index is 438. The minimum absolute atomic E-state index is 0.343. The quantitative estimate of drug-likeness (QED) is 0.813. The predicted molar refractivity (Wildman–Crippen MR) is 74.2 cm³/mol. The number of hydrogen-bond acceptors (Lipinski definition) is 5. The van der Waals surface area contributed by atoms with Gasteiger partial charge >= 0.3 is 0 Å². The number of ether oxygens (including phenoxy) is 1. The summed E-state index contributed by atoms with van der Waals surface area (Å²) < 4.78 is 5.32. The molecule has 6 heteroatoms. The summed E-state index contributed by atoms with van der Waals surface area (Å²) in [5.41, 5.74) is 6.37. The third-order valence-electron chi connectivity index (χ3n) is 3.09. The van der Waals surface area contributed by atoms with Crippen LogP contribution in [-0.4, -0.2) is 43.2 Å². The van der Waals surface area contributed by atoms with Gasteiger partial charge in [-0.1, -0.05) is 6.92 Å². The van der Waals surface area contributed by atoms with Gasteiger partial charge in [-0.2, -0.15) is 0 Å². The van der Waals surface area contributed by atoms with E-state index in [0.717, 1.165) is 24.5 Å². The van der Waals surface area contributed by atoms with Gasteiger partial charge in [0, 0.05) is 31.0 Å². The molecule has 1 amide bonds. The number of amides is 1. The topological polar surface area (TPSA) is 80.5 Å². The van der Waals surface area contributed by atoms with Crippen LogP contribution in [-0.2, 0) is 9.53 Å². The second-order valence-electron chi connectivity index (χ2n) is 4.51. The number of pyridine rings is 1. The Morgan fingerprint density at radius 1 is 1.68 bits per heavy atom. The second-order valence-corrected chi connectivity index (χ2v) is 4.51. The summed E-state index contributed by atoms with van der Waals surface area (Å²) in [6, 6.07) is 3.42. The van der Waals surface area contributed by atoms with Crippen molar-refractivity contribution < 1.29 is 9.53 Å². The summed E-state index contributed by atoms with van der Waals surface area (Å²) in [4.78, 5) is 17.7. The molecule has 104 valence electrons. The number of rotatable bonds is 5. The van der Waals surface area contributed by atoms with E-state index in [1.807, 2.05) is 17.0 Å². The molecule has 0 aromatic carbocycles. The first-order valence-electron chi connectivity index (χ1n) is 6.56. The van der Waals surface area contributed by atoms with Gasteiger partial charge in [0.2, 0.25) is 5.91 Å². The third-order valence-corrected chi connectivity index (χ3v) is 3.09. The van der Waals surface area contributed by atoms with Gasteiger partial charge in [0.05, 0.1) is 13.2 Å². The van der Waals surface area contributed by atoms with Crippen LogP contribution in [0, 0.1) is 0 Å². The third kappa shape index (κ3) is 3.35. The summed E-state index contributed by atoms with van der Waals surface area (Å²) in [7, 11) is 0. The van der Waals surface area contributed by atoms with E-state index in [2.05, 4.69) is 17.2 Å². The molecule has 0 radical (unpaired) electrons. The maximum absolute atomic E-state index is 11.5. The first-order chi connectivity index (χ1) is 9.22. The van der Waals surface area contributed by atoms with Crippen molar-refractivity contribution in [3.63, 3.8) is 0 Å². The first kappa shape index (κ1) is 13.6. The van der Waals surface area contributed by atoms with Crippen LogP contribution in [0.5, 0.6) is 0 Å². The molecule has 0 aliphatic carbocycles. The molecule has 3 N–H and O–H groups in total. The number of carbonyl (C=O) groups excluding carboxylic acids is 1. The summed E-state index contributed by atoms with van der Waals surface area (Å²) in [6.45, 7) is 4.57. The summed E-state index contributed by atoms with van der Waals surface area (Å²) in [5, 5.41) is 3.23. The molecule has 2 heterocycles. The zero-order chi connectivity index (χ0) is 13.7. The molecular weight excluding hydrogens is 244 g/mol. The molecule has 1 aliphatic rings. The Kier molecular flexibility index (Phi) is 4.57. The lowest BCUT2D eigenvalue weighted by Gasteiger charge is -2.35. The van der Waals surface area contributed by atoms with Crippen LogP contribution in [0.2, 0.25) is 0 Å². The van der Waals surface area contributed by atoms with Crippen LogP contribution < -0.4 is 16.0 Å². The van der Waals surface area contributed by atoms with Gasteiger partial charge in [-0.15, -0.1) is 0 Å². The molecule has 2 rings (SSSR count). The number of carbonyl (C=O) groups is 1. The summed E-state index contributed by atoms with van der Waals surface area (Å²) in [5.74, 6) is 0.452. The Morgan fingerprint density at radius 2 is 2.53 bits per heavy atom. The zero-order valence-corrected chi connectivity index (χ0v) is 11.1. The van der Waals surface area contributed by atoms with Crippen molar-refractivity contribution in [1.29, 1.82) is 0 Å². The Morgan fingerprint density at radius 3 is 3.26 bits per heavy atom. The smallest absolute Gasteiger partial charge is 0.242 e. The summed E-state index contributed by atoms with van der Waals surface area (Å²) >= 11 is 0. The van der Waals surface area contributed by atoms with E-state index in [1.54, 1.807) is 6.20 Å². The van der Waals surface area contributed by atoms with Crippen LogP contribution in [0.1, 0.15) is 13.3 Å². The normalized spacial score (nSPS) is 19.2. The van der Waals surface area contributed by atoms with Crippen LogP contribution >= 0.6 is 0 Å². The lowest BCUT2D eigenvalue weighted by molar-refractivity contribution is -0.121. The number of hydrogen-bond donors (Lipinski definition) is 2. The van der Waals surface area contributed by atoms with Gasteiger partial charge in [-0.05, 0) is 12.5 Å². The molecule has 0 bridgehead atoms. The number of nitrogens with two attached hydrogens (primary N) is 1. The average molecular weight is 264 g/mol. The van der Waals surface area contributed by atoms with Crippen molar-refractivity contribution in [3.05, 3.63) is 18.3 Å². The Labute approximate surface area is 112 Å². The molecule has 1 aliphatic heterocycles. The maximum Gasteiger partial charge on any atom is 0.242 e. The Hall–Kier alpha value is -1.82. The molecule has 1 fully saturated rings. The second kappa shape index (κ2) is 6.38. The van der Waals surface area contributed by atoms with Gasteiger partial charge in [-0.3, -0.25) is 4.79 Å². The summed E-state index contributed by atoms with van der Waals surface area (Å²) in [6.07, 6.45) is 2.77. The Balaban J connectivity index is 2.16. The number of aromatic nitrogens is 1. The van der Waals surface area contributed by atoms with Crippen LogP contribution in [0.4, 0.5) is 11.5 Å². The highest BCUT2D eigenvalue weighted by Gasteiger charge is 2.27. The van der Waals surface area contributed by atoms with Crippen LogP contribution in [0.3, 0.4) is 0 Å². The lowest BCUT2D eigenvalue weighted by Crippen LogP contribution is -2.52. The molecule has 1 aromatic heterocycles. The fraction of sp³-hybridized carbons (Fsp3) is 0.538. The molecule has 1 saturated heterocycles. The molecule has 0 saturated carbocycles. The van der Waals surface area contributed by atoms with Gasteiger partial charge in [-0.25, -0.2) is 4.98 Å². The molecule has 19 heavy (non-hydrogen) atoms. The number of nitrogens with zero attached hydrogens (tertiary/aromatic N) is 2. The van der Waals surface area contributed by atoms with Crippen molar-refractivity contribution in [2.45, 2.75) is 19.4 Å². The minimum Gasteiger partial charge on any atom is -0.377 e. The molecular formula is C13H20N4O2. The standard InChI is InChI=1S/C13H20N4O2/c1-2-4-15-12-8-10(3-5-16-12)17-6-7-19-9-11(17)13(14)18/h3,5,8,11H,2,4,6-7,9H2,1H3,(H2,14,18)(H,15,16). The van der Waals surface area contributed by atoms with Gasteiger partial charge in [0.25, 0.3) is 0 Å². The predicted octanol–water partition coefficient (Wildman–Crippen LogP) is 0.594. The highest BCUT2D eigenvalue weighted by Crippen LogP contribution is 2.21. The number of primary amides is 1. The first-order valence-corrected chi connectivity index (χ1v) is 6.56. The van der Waals surface area contributed by atoms with Crippen molar-refractivity contribution in [1.82, 2.24) is 4.98 Å². The minimum atomic E-state index is -0.407. The maximum atomic E-state index is 11.5. The SMILES string of the molecule is CCCNc1cc(N2CCOCC2C(N)=O)ccn1. The highest BCUT2D eigenvalue weighted by molar-refractivity contribution is 5.84. The molecule has 1 unspecified atom stereocenters. The van der Waals surface area contributed by atoms with E-state index < -0.39 is 6.04 Å². The molecule has 0 spiro atoms. The zero-order valence-electron chi connectivity index (χ0n) is 11.1. The van der Waals surface area contributed by atoms with E-state index in [9.17, 15) is 4.79 Å². The van der Waals surface area contributed by atoms with E-state index in [-0.39, 0.29) is 5.91 Å². The molecule has 1 atom stereocenters. The van der Waals surface area contributed by atoms with Crippen molar-refractivity contribution >= 4 is 17.4 Å². The number of nitrogens with one attached hydrogen (secondary N) is 1. The van der Waals surface area contributed by atoms with Gasteiger partial charge in [0.15, 0.2) is 0 Å². The van der Waals surface area contributed by atoms with Gasteiger partial charge in [0.1, 0.15) is 11.9 Å². The van der Waals surface area contributed by atoms with Crippen molar-refractivity contribution in [2.75, 3.05) is 36.5 Å². The number of morpholine rings is 1. The van der Waals surface area contributed by atoms with Gasteiger partial charge < -0.3 is 20.7 Å². The lowest BCUT2D eigenvalue weighted by atomic mass is 10.2. The monoisotopic (exact) mass is 264 g/mol. The largest absolute Gasteiger partial charge is 0.377 e. The van der Waals surface area contributed by atoms with Crippen LogP contribution in [0.15, 0.2) is 18.3 Å². The average Bonchev–Trinajstić information content (AvgIpc) is 2.45. The van der Waals surface area contributed by atoms with Crippen LogP contribution in [0.25, 0.3) is 0 Å². The fourth-order valence-electron chi connectivity index (χ4n) is 2.10. The van der Waals surface area contributed by atoms with Crippen molar-refractivity contribution in [3.8, 4) is 0 Å².